The molecule has 1 aliphatic rings. The fourth-order valence-electron chi connectivity index (χ4n) is 2.48. The largest absolute Gasteiger partial charge is 0.454 e. The third-order valence-electron chi connectivity index (χ3n) is 3.69. The molecular formula is C18H17N3O3S. The van der Waals surface area contributed by atoms with Crippen molar-refractivity contribution in [2.45, 2.75) is 25.4 Å². The molecule has 25 heavy (non-hydrogen) atoms. The minimum absolute atomic E-state index is 0.118. The molecule has 0 fully saturated rings. The second kappa shape index (κ2) is 7.45. The summed E-state index contributed by atoms with van der Waals surface area (Å²) in [7, 11) is 0. The average Bonchev–Trinajstić information content (AvgIpc) is 3.05. The summed E-state index contributed by atoms with van der Waals surface area (Å²) in [5.74, 6) is 1.50. The van der Waals surface area contributed by atoms with Crippen LogP contribution >= 0.6 is 11.8 Å². The highest BCUT2D eigenvalue weighted by atomic mass is 32.2. The maximum absolute atomic E-state index is 12.1. The number of aromatic nitrogens is 1. The van der Waals surface area contributed by atoms with Gasteiger partial charge in [-0.3, -0.25) is 4.79 Å². The van der Waals surface area contributed by atoms with Gasteiger partial charge in [-0.05, 0) is 43.2 Å². The minimum Gasteiger partial charge on any atom is -0.454 e. The van der Waals surface area contributed by atoms with E-state index in [9.17, 15) is 10.1 Å². The third-order valence-corrected chi connectivity index (χ3v) is 4.67. The van der Waals surface area contributed by atoms with Gasteiger partial charge in [-0.1, -0.05) is 17.8 Å². The fourth-order valence-corrected chi connectivity index (χ4v) is 3.41. The van der Waals surface area contributed by atoms with Crippen LogP contribution < -0.4 is 14.8 Å². The number of thioether (sulfide) groups is 1. The summed E-state index contributed by atoms with van der Waals surface area (Å²) in [5, 5.41) is 12.7. The molecule has 0 atom stereocenters. The number of benzene rings is 1. The Balaban J connectivity index is 1.56. The van der Waals surface area contributed by atoms with E-state index in [-0.39, 0.29) is 18.5 Å². The van der Waals surface area contributed by atoms with Crippen LogP contribution in [0.4, 0.5) is 0 Å². The number of nitrogens with zero attached hydrogens (tertiary/aromatic N) is 2. The first-order chi connectivity index (χ1) is 12.1. The van der Waals surface area contributed by atoms with Crippen LogP contribution in [0.25, 0.3) is 0 Å². The SMILES string of the molecule is Cc1cc(C)c(C#N)c(SCC(=O)NCc2ccc3c(c2)OCO3)n1. The fraction of sp³-hybridized carbons (Fsp3) is 0.278. The van der Waals surface area contributed by atoms with E-state index in [1.807, 2.05) is 38.1 Å². The van der Waals surface area contributed by atoms with Crippen molar-refractivity contribution in [3.63, 3.8) is 0 Å². The number of nitrogens with one attached hydrogen (secondary N) is 1. The number of hydrogen-bond acceptors (Lipinski definition) is 6. The zero-order valence-corrected chi connectivity index (χ0v) is 14.8. The molecule has 1 N–H and O–H groups in total. The maximum Gasteiger partial charge on any atom is 0.231 e. The number of fused-ring (bicyclic) bond motifs is 1. The Morgan fingerprint density at radius 3 is 2.92 bits per heavy atom. The lowest BCUT2D eigenvalue weighted by atomic mass is 10.1. The normalized spacial score (nSPS) is 11.9. The van der Waals surface area contributed by atoms with Crippen LogP contribution in [0, 0.1) is 25.2 Å². The monoisotopic (exact) mass is 355 g/mol. The summed E-state index contributed by atoms with van der Waals surface area (Å²) in [6.07, 6.45) is 0. The van der Waals surface area contributed by atoms with Crippen LogP contribution in [0.2, 0.25) is 0 Å². The van der Waals surface area contributed by atoms with E-state index in [4.69, 9.17) is 9.47 Å². The third kappa shape index (κ3) is 4.03. The Hall–Kier alpha value is -2.72. The van der Waals surface area contributed by atoms with Crippen LogP contribution in [0.15, 0.2) is 29.3 Å². The van der Waals surface area contributed by atoms with E-state index in [2.05, 4.69) is 16.4 Å². The molecule has 0 saturated heterocycles. The van der Waals surface area contributed by atoms with Crippen molar-refractivity contribution in [3.8, 4) is 17.6 Å². The average molecular weight is 355 g/mol. The zero-order chi connectivity index (χ0) is 17.8. The molecule has 3 rings (SSSR count). The van der Waals surface area contributed by atoms with E-state index in [0.29, 0.717) is 22.9 Å². The Bertz CT molecular complexity index is 861. The molecule has 0 bridgehead atoms. The van der Waals surface area contributed by atoms with Crippen molar-refractivity contribution < 1.29 is 14.3 Å². The minimum atomic E-state index is -0.118. The molecule has 0 saturated carbocycles. The molecule has 0 spiro atoms. The summed E-state index contributed by atoms with van der Waals surface area (Å²) in [4.78, 5) is 16.5. The predicted octanol–water partition coefficient (Wildman–Crippen LogP) is 2.71. The first-order valence-corrected chi connectivity index (χ1v) is 8.71. The van der Waals surface area contributed by atoms with Gasteiger partial charge >= 0.3 is 0 Å². The molecule has 0 aliphatic carbocycles. The summed E-state index contributed by atoms with van der Waals surface area (Å²) in [6.45, 7) is 4.38. The molecule has 2 aromatic rings. The Morgan fingerprint density at radius 2 is 2.12 bits per heavy atom. The first-order valence-electron chi connectivity index (χ1n) is 7.73. The molecule has 7 heteroatoms. The molecule has 6 nitrogen and oxygen atoms in total. The number of amides is 1. The van der Waals surface area contributed by atoms with E-state index < -0.39 is 0 Å². The molecular weight excluding hydrogens is 338 g/mol. The number of carbonyl (C=O) groups is 1. The number of ether oxygens (including phenoxy) is 2. The van der Waals surface area contributed by atoms with Gasteiger partial charge in [0.05, 0.1) is 11.3 Å². The van der Waals surface area contributed by atoms with Crippen LogP contribution in [-0.2, 0) is 11.3 Å². The Kier molecular flexibility index (Phi) is 5.10. The van der Waals surface area contributed by atoms with Gasteiger partial charge in [-0.2, -0.15) is 5.26 Å². The number of pyridine rings is 1. The molecule has 1 aromatic heterocycles. The highest BCUT2D eigenvalue weighted by Gasteiger charge is 2.14. The van der Waals surface area contributed by atoms with Crippen molar-refractivity contribution in [2.24, 2.45) is 0 Å². The van der Waals surface area contributed by atoms with E-state index in [0.717, 1.165) is 22.6 Å². The van der Waals surface area contributed by atoms with E-state index in [1.54, 1.807) is 0 Å². The van der Waals surface area contributed by atoms with Gasteiger partial charge < -0.3 is 14.8 Å². The van der Waals surface area contributed by atoms with Crippen LogP contribution in [0.5, 0.6) is 11.5 Å². The molecule has 1 aromatic carbocycles. The number of rotatable bonds is 5. The summed E-state index contributed by atoms with van der Waals surface area (Å²) < 4.78 is 10.6. The van der Waals surface area contributed by atoms with Gasteiger partial charge in [0.25, 0.3) is 0 Å². The predicted molar refractivity (Wildman–Crippen MR) is 93.6 cm³/mol. The number of hydrogen-bond donors (Lipinski definition) is 1. The molecule has 2 heterocycles. The smallest absolute Gasteiger partial charge is 0.231 e. The summed E-state index contributed by atoms with van der Waals surface area (Å²) >= 11 is 1.27. The molecule has 1 amide bonds. The highest BCUT2D eigenvalue weighted by Crippen LogP contribution is 2.32. The summed E-state index contributed by atoms with van der Waals surface area (Å²) in [6, 6.07) is 9.59. The van der Waals surface area contributed by atoms with Crippen LogP contribution in [0.3, 0.4) is 0 Å². The lowest BCUT2D eigenvalue weighted by molar-refractivity contribution is -0.118. The van der Waals surface area contributed by atoms with Gasteiger partial charge in [0.2, 0.25) is 12.7 Å². The van der Waals surface area contributed by atoms with Crippen molar-refractivity contribution in [1.82, 2.24) is 10.3 Å². The standard InChI is InChI=1S/C18H17N3O3S/c1-11-5-12(2)21-18(14(11)7-19)25-9-17(22)20-8-13-3-4-15-16(6-13)24-10-23-15/h3-6H,8-10H2,1-2H3,(H,20,22). The van der Waals surface area contributed by atoms with E-state index in [1.165, 1.54) is 11.8 Å². The van der Waals surface area contributed by atoms with Gasteiger partial charge in [-0.25, -0.2) is 4.98 Å². The van der Waals surface area contributed by atoms with E-state index >= 15 is 0 Å². The number of carbonyl (C=O) groups excluding carboxylic acids is 1. The Morgan fingerprint density at radius 1 is 1.32 bits per heavy atom. The second-order valence-corrected chi connectivity index (χ2v) is 6.59. The maximum atomic E-state index is 12.1. The highest BCUT2D eigenvalue weighted by molar-refractivity contribution is 8.00. The number of aryl methyl sites for hydroxylation is 2. The first kappa shape index (κ1) is 17.1. The second-order valence-electron chi connectivity index (χ2n) is 5.63. The van der Waals surface area contributed by atoms with Crippen LogP contribution in [0.1, 0.15) is 22.4 Å². The Labute approximate surface area is 150 Å². The zero-order valence-electron chi connectivity index (χ0n) is 14.0. The van der Waals surface area contributed by atoms with Crippen molar-refractivity contribution in [3.05, 3.63) is 46.6 Å². The lowest BCUT2D eigenvalue weighted by Gasteiger charge is -2.08. The van der Waals surface area contributed by atoms with Gasteiger partial charge in [0, 0.05) is 12.2 Å². The summed E-state index contributed by atoms with van der Waals surface area (Å²) in [5.41, 5.74) is 3.17. The molecule has 128 valence electrons. The number of nitriles is 1. The van der Waals surface area contributed by atoms with Gasteiger partial charge in [0.15, 0.2) is 11.5 Å². The van der Waals surface area contributed by atoms with Crippen molar-refractivity contribution in [2.75, 3.05) is 12.5 Å². The van der Waals surface area contributed by atoms with Crippen LogP contribution in [-0.4, -0.2) is 23.4 Å². The lowest BCUT2D eigenvalue weighted by Crippen LogP contribution is -2.24. The van der Waals surface area contributed by atoms with Gasteiger partial charge in [0.1, 0.15) is 11.1 Å². The van der Waals surface area contributed by atoms with Crippen molar-refractivity contribution in [1.29, 1.82) is 5.26 Å². The molecule has 1 aliphatic heterocycles. The van der Waals surface area contributed by atoms with Gasteiger partial charge in [-0.15, -0.1) is 0 Å². The topological polar surface area (TPSA) is 84.2 Å². The van der Waals surface area contributed by atoms with Crippen molar-refractivity contribution >= 4 is 17.7 Å². The molecule has 0 radical (unpaired) electrons. The molecule has 0 unspecified atom stereocenters. The quantitative estimate of drug-likeness (QED) is 0.830.